The first-order chi connectivity index (χ1) is 12.2. The number of ether oxygens (including phenoxy) is 1. The average Bonchev–Trinajstić information content (AvgIpc) is 3.26. The van der Waals surface area contributed by atoms with Crippen LogP contribution in [0.1, 0.15) is 13.8 Å². The van der Waals surface area contributed by atoms with Crippen molar-refractivity contribution in [3.05, 3.63) is 30.3 Å². The van der Waals surface area contributed by atoms with Gasteiger partial charge >= 0.3 is 5.97 Å². The molecule has 11 heteroatoms. The SMILES string of the molecule is CCN(CC)n1nnnc1-c1nnnn1CC(=O)Oc1ccccc1. The van der Waals surface area contributed by atoms with Gasteiger partial charge in [0, 0.05) is 13.1 Å². The smallest absolute Gasteiger partial charge is 0.333 e. The number of hydrogen-bond donors (Lipinski definition) is 0. The van der Waals surface area contributed by atoms with E-state index in [9.17, 15) is 4.79 Å². The van der Waals surface area contributed by atoms with Crippen molar-refractivity contribution in [2.45, 2.75) is 20.4 Å². The van der Waals surface area contributed by atoms with E-state index >= 15 is 0 Å². The summed E-state index contributed by atoms with van der Waals surface area (Å²) in [5.74, 6) is 0.583. The minimum absolute atomic E-state index is 0.164. The largest absolute Gasteiger partial charge is 0.425 e. The lowest BCUT2D eigenvalue weighted by molar-refractivity contribution is -0.135. The van der Waals surface area contributed by atoms with E-state index in [2.05, 4.69) is 31.1 Å². The summed E-state index contributed by atoms with van der Waals surface area (Å²) >= 11 is 0. The maximum atomic E-state index is 12.1. The van der Waals surface area contributed by atoms with Gasteiger partial charge in [-0.3, -0.25) is 5.01 Å². The summed E-state index contributed by atoms with van der Waals surface area (Å²) in [5.41, 5.74) is 0. The van der Waals surface area contributed by atoms with Gasteiger partial charge in [-0.25, -0.2) is 9.48 Å². The number of esters is 1. The van der Waals surface area contributed by atoms with Gasteiger partial charge in [0.15, 0.2) is 0 Å². The van der Waals surface area contributed by atoms with Gasteiger partial charge in [0.2, 0.25) is 11.6 Å². The quantitative estimate of drug-likeness (QED) is 0.428. The highest BCUT2D eigenvalue weighted by molar-refractivity contribution is 5.72. The number of aromatic nitrogens is 8. The van der Waals surface area contributed by atoms with E-state index in [4.69, 9.17) is 4.74 Å². The Labute approximate surface area is 143 Å². The molecule has 0 fully saturated rings. The zero-order valence-corrected chi connectivity index (χ0v) is 13.8. The minimum Gasteiger partial charge on any atom is -0.425 e. The summed E-state index contributed by atoms with van der Waals surface area (Å²) < 4.78 is 6.56. The molecule has 3 aromatic rings. The Morgan fingerprint density at radius 2 is 1.72 bits per heavy atom. The second-order valence-corrected chi connectivity index (χ2v) is 4.98. The maximum Gasteiger partial charge on any atom is 0.333 e. The Morgan fingerprint density at radius 3 is 2.44 bits per heavy atom. The highest BCUT2D eigenvalue weighted by atomic mass is 16.5. The number of para-hydroxylation sites is 1. The molecule has 25 heavy (non-hydrogen) atoms. The summed E-state index contributed by atoms with van der Waals surface area (Å²) in [6.07, 6.45) is 0. The van der Waals surface area contributed by atoms with Crippen LogP contribution in [0, 0.1) is 0 Å². The first-order valence-corrected chi connectivity index (χ1v) is 7.78. The molecule has 0 bridgehead atoms. The molecule has 0 amide bonds. The zero-order chi connectivity index (χ0) is 17.6. The molecule has 2 aromatic heterocycles. The van der Waals surface area contributed by atoms with E-state index in [1.54, 1.807) is 24.3 Å². The molecule has 1 aromatic carbocycles. The topological polar surface area (TPSA) is 117 Å². The van der Waals surface area contributed by atoms with Crippen molar-refractivity contribution in [1.29, 1.82) is 0 Å². The Balaban J connectivity index is 1.80. The van der Waals surface area contributed by atoms with Crippen molar-refractivity contribution in [1.82, 2.24) is 40.5 Å². The van der Waals surface area contributed by atoms with Crippen LogP contribution in [-0.2, 0) is 11.3 Å². The van der Waals surface area contributed by atoms with Crippen LogP contribution < -0.4 is 9.75 Å². The molecule has 3 rings (SSSR count). The van der Waals surface area contributed by atoms with Crippen LogP contribution in [0.25, 0.3) is 11.6 Å². The van der Waals surface area contributed by atoms with Gasteiger partial charge in [-0.2, -0.15) is 0 Å². The Bertz CT molecular complexity index is 826. The minimum atomic E-state index is -0.499. The number of hydrogen-bond acceptors (Lipinski definition) is 9. The summed E-state index contributed by atoms with van der Waals surface area (Å²) in [4.78, 5) is 13.6. The Kier molecular flexibility index (Phi) is 4.92. The van der Waals surface area contributed by atoms with Crippen LogP contribution in [0.15, 0.2) is 30.3 Å². The molecule has 0 radical (unpaired) electrons. The summed E-state index contributed by atoms with van der Waals surface area (Å²) in [6, 6.07) is 8.79. The summed E-state index contributed by atoms with van der Waals surface area (Å²) in [5, 5.41) is 24.9. The van der Waals surface area contributed by atoms with Crippen molar-refractivity contribution in [2.24, 2.45) is 0 Å². The van der Waals surface area contributed by atoms with Gasteiger partial charge < -0.3 is 4.74 Å². The predicted octanol–water partition coefficient (Wildman–Crippen LogP) is -0.0900. The van der Waals surface area contributed by atoms with E-state index in [1.807, 2.05) is 24.9 Å². The molecule has 2 heterocycles. The molecule has 0 spiro atoms. The molecule has 11 nitrogen and oxygen atoms in total. The molecule has 0 unspecified atom stereocenters. The molecule has 0 saturated carbocycles. The van der Waals surface area contributed by atoms with Crippen molar-refractivity contribution in [3.8, 4) is 17.4 Å². The van der Waals surface area contributed by atoms with Gasteiger partial charge in [0.05, 0.1) is 0 Å². The molecular weight excluding hydrogens is 326 g/mol. The van der Waals surface area contributed by atoms with E-state index in [0.717, 1.165) is 0 Å². The maximum absolute atomic E-state index is 12.1. The first-order valence-electron chi connectivity index (χ1n) is 7.78. The number of nitrogens with zero attached hydrogens (tertiary/aromatic N) is 9. The van der Waals surface area contributed by atoms with Gasteiger partial charge in [0.1, 0.15) is 12.3 Å². The number of tetrazole rings is 2. The third-order valence-corrected chi connectivity index (χ3v) is 3.44. The van der Waals surface area contributed by atoms with Crippen LogP contribution in [0.5, 0.6) is 5.75 Å². The zero-order valence-electron chi connectivity index (χ0n) is 13.8. The average molecular weight is 343 g/mol. The first kappa shape index (κ1) is 16.5. The van der Waals surface area contributed by atoms with Crippen LogP contribution >= 0.6 is 0 Å². The monoisotopic (exact) mass is 343 g/mol. The van der Waals surface area contributed by atoms with Crippen molar-refractivity contribution in [3.63, 3.8) is 0 Å². The highest BCUT2D eigenvalue weighted by Crippen LogP contribution is 2.13. The van der Waals surface area contributed by atoms with E-state index < -0.39 is 5.97 Å². The Morgan fingerprint density at radius 1 is 1.04 bits per heavy atom. The number of carbonyl (C=O) groups excluding carboxylic acids is 1. The van der Waals surface area contributed by atoms with Crippen molar-refractivity contribution >= 4 is 5.97 Å². The molecule has 0 N–H and O–H groups in total. The van der Waals surface area contributed by atoms with E-state index in [-0.39, 0.29) is 12.4 Å². The lowest BCUT2D eigenvalue weighted by Gasteiger charge is -2.20. The fraction of sp³-hybridized carbons (Fsp3) is 0.357. The third kappa shape index (κ3) is 3.59. The number of rotatable bonds is 7. The fourth-order valence-electron chi connectivity index (χ4n) is 2.24. The predicted molar refractivity (Wildman–Crippen MR) is 86.0 cm³/mol. The lowest BCUT2D eigenvalue weighted by Crippen LogP contribution is -2.36. The van der Waals surface area contributed by atoms with Gasteiger partial charge in [-0.1, -0.05) is 18.2 Å². The molecule has 0 aliphatic rings. The number of carbonyl (C=O) groups is 1. The van der Waals surface area contributed by atoms with E-state index in [0.29, 0.717) is 24.7 Å². The van der Waals surface area contributed by atoms with Crippen LogP contribution in [0.4, 0.5) is 0 Å². The van der Waals surface area contributed by atoms with E-state index in [1.165, 1.54) is 9.47 Å². The number of benzene rings is 1. The molecule has 0 aliphatic carbocycles. The second-order valence-electron chi connectivity index (χ2n) is 4.98. The van der Waals surface area contributed by atoms with Gasteiger partial charge in [-0.15, -0.1) is 15.0 Å². The van der Waals surface area contributed by atoms with Crippen LogP contribution in [-0.4, -0.2) is 59.6 Å². The highest BCUT2D eigenvalue weighted by Gasteiger charge is 2.21. The molecular formula is C14H17N9O2. The van der Waals surface area contributed by atoms with Crippen LogP contribution in [0.3, 0.4) is 0 Å². The van der Waals surface area contributed by atoms with Gasteiger partial charge in [-0.05, 0) is 46.8 Å². The lowest BCUT2D eigenvalue weighted by atomic mass is 10.3. The molecule has 0 saturated heterocycles. The standard InChI is InChI=1S/C14H17N9O2/c1-3-21(4-2)23-14(16-18-20-23)13-15-17-19-22(13)10-12(24)25-11-8-6-5-7-9-11/h5-9H,3-4,10H2,1-2H3. The summed E-state index contributed by atoms with van der Waals surface area (Å²) in [6.45, 7) is 5.20. The van der Waals surface area contributed by atoms with Crippen molar-refractivity contribution < 1.29 is 9.53 Å². The Hall–Kier alpha value is -3.37. The normalized spacial score (nSPS) is 10.6. The molecule has 130 valence electrons. The molecule has 0 atom stereocenters. The van der Waals surface area contributed by atoms with Gasteiger partial charge in [0.25, 0.3) is 0 Å². The van der Waals surface area contributed by atoms with Crippen molar-refractivity contribution in [2.75, 3.05) is 18.1 Å². The molecule has 0 aliphatic heterocycles. The van der Waals surface area contributed by atoms with Crippen LogP contribution in [0.2, 0.25) is 0 Å². The summed E-state index contributed by atoms with van der Waals surface area (Å²) in [7, 11) is 0. The fourth-order valence-corrected chi connectivity index (χ4v) is 2.24. The third-order valence-electron chi connectivity index (χ3n) is 3.44. The second kappa shape index (κ2) is 7.47.